The van der Waals surface area contributed by atoms with Gasteiger partial charge in [-0.3, -0.25) is 14.4 Å². The summed E-state index contributed by atoms with van der Waals surface area (Å²) in [6.07, 6.45) is 0.228. The summed E-state index contributed by atoms with van der Waals surface area (Å²) in [4.78, 5) is 29.8. The maximum Gasteiger partial charge on any atom is 0.248 e. The highest BCUT2D eigenvalue weighted by atomic mass is 16.6. The van der Waals surface area contributed by atoms with Gasteiger partial charge in [0, 0.05) is 19.5 Å². The number of hydrogen-bond donors (Lipinski definition) is 1. The van der Waals surface area contributed by atoms with Crippen LogP contribution >= 0.6 is 0 Å². The van der Waals surface area contributed by atoms with Crippen LogP contribution in [0.3, 0.4) is 0 Å². The van der Waals surface area contributed by atoms with E-state index in [4.69, 9.17) is 4.74 Å². The molecule has 1 atom stereocenters. The van der Waals surface area contributed by atoms with Crippen LogP contribution in [-0.4, -0.2) is 37.5 Å². The van der Waals surface area contributed by atoms with Crippen LogP contribution in [0, 0.1) is 5.92 Å². The minimum atomic E-state index is -0.347. The van der Waals surface area contributed by atoms with Crippen LogP contribution in [0.15, 0.2) is 24.3 Å². The summed E-state index contributed by atoms with van der Waals surface area (Å²) in [7, 11) is 2.99. The summed E-state index contributed by atoms with van der Waals surface area (Å²) in [6, 6.07) is 7.53. The second kappa shape index (κ2) is 6.38. The second-order valence-corrected chi connectivity index (χ2v) is 4.69. The number of ether oxygens (including phenoxy) is 1. The lowest BCUT2D eigenvalue weighted by Gasteiger charge is -2.16. The molecule has 1 fully saturated rings. The van der Waals surface area contributed by atoms with Crippen LogP contribution in [0.4, 0.5) is 0 Å². The number of hydrogen-bond acceptors (Lipinski definition) is 4. The molecule has 2 amide bonds. The molecule has 1 aliphatic heterocycles. The lowest BCUT2D eigenvalue weighted by molar-refractivity contribution is -0.135. The minimum Gasteiger partial charge on any atom is -0.497 e. The topological polar surface area (TPSA) is 67.9 Å². The van der Waals surface area contributed by atoms with E-state index < -0.39 is 0 Å². The Labute approximate surface area is 117 Å². The maximum absolute atomic E-state index is 11.9. The van der Waals surface area contributed by atoms with Crippen molar-refractivity contribution < 1.29 is 19.2 Å². The van der Waals surface area contributed by atoms with Gasteiger partial charge >= 0.3 is 0 Å². The van der Waals surface area contributed by atoms with Gasteiger partial charge in [0.25, 0.3) is 0 Å². The molecule has 0 aliphatic carbocycles. The van der Waals surface area contributed by atoms with E-state index in [0.717, 1.165) is 11.3 Å². The Hall–Kier alpha value is -2.08. The third-order valence-corrected chi connectivity index (χ3v) is 3.32. The van der Waals surface area contributed by atoms with Crippen LogP contribution < -0.4 is 10.2 Å². The van der Waals surface area contributed by atoms with Crippen LogP contribution in [-0.2, 0) is 21.0 Å². The Morgan fingerprint density at radius 3 is 2.65 bits per heavy atom. The van der Waals surface area contributed by atoms with Gasteiger partial charge < -0.3 is 9.64 Å². The molecule has 1 aromatic rings. The Kier molecular flexibility index (Phi) is 4.57. The first kappa shape index (κ1) is 14.3. The van der Waals surface area contributed by atoms with E-state index in [1.807, 2.05) is 24.3 Å². The van der Waals surface area contributed by atoms with E-state index in [-0.39, 0.29) is 24.2 Å². The fourth-order valence-corrected chi connectivity index (χ4v) is 2.24. The highest BCUT2D eigenvalue weighted by Gasteiger charge is 2.34. The van der Waals surface area contributed by atoms with Gasteiger partial charge in [-0.05, 0) is 17.7 Å². The molecular weight excluding hydrogens is 260 g/mol. The summed E-state index contributed by atoms with van der Waals surface area (Å²) in [5, 5.41) is 0. The average molecular weight is 278 g/mol. The monoisotopic (exact) mass is 278 g/mol. The Balaban J connectivity index is 1.96. The molecule has 20 heavy (non-hydrogen) atoms. The summed E-state index contributed by atoms with van der Waals surface area (Å²) in [5.41, 5.74) is 3.28. The molecule has 0 unspecified atom stereocenters. The first-order valence-corrected chi connectivity index (χ1v) is 6.37. The van der Waals surface area contributed by atoms with Crippen molar-refractivity contribution in [3.05, 3.63) is 29.8 Å². The van der Waals surface area contributed by atoms with Gasteiger partial charge in [0.1, 0.15) is 5.75 Å². The number of amides is 2. The normalized spacial score (nSPS) is 18.2. The summed E-state index contributed by atoms with van der Waals surface area (Å²) >= 11 is 0. The SMILES string of the molecule is CONC(=O)[C@H]1CC(=O)N(Cc2ccc(OC)cc2)C1. The molecule has 1 saturated heterocycles. The smallest absolute Gasteiger partial charge is 0.248 e. The molecule has 2 rings (SSSR count). The molecule has 6 nitrogen and oxygen atoms in total. The van der Waals surface area contributed by atoms with E-state index in [0.29, 0.717) is 13.1 Å². The van der Waals surface area contributed by atoms with E-state index >= 15 is 0 Å². The average Bonchev–Trinajstić information content (AvgIpc) is 2.81. The summed E-state index contributed by atoms with van der Waals surface area (Å²) in [6.45, 7) is 0.916. The highest BCUT2D eigenvalue weighted by molar-refractivity contribution is 5.88. The van der Waals surface area contributed by atoms with Gasteiger partial charge in [-0.2, -0.15) is 0 Å². The number of likely N-dealkylation sites (tertiary alicyclic amines) is 1. The number of benzene rings is 1. The molecule has 0 saturated carbocycles. The van der Waals surface area contributed by atoms with E-state index in [9.17, 15) is 9.59 Å². The Bertz CT molecular complexity index is 486. The quantitative estimate of drug-likeness (QED) is 0.806. The van der Waals surface area contributed by atoms with Gasteiger partial charge in [-0.1, -0.05) is 12.1 Å². The zero-order chi connectivity index (χ0) is 14.5. The molecule has 0 radical (unpaired) electrons. The van der Waals surface area contributed by atoms with Crippen LogP contribution in [0.5, 0.6) is 5.75 Å². The van der Waals surface area contributed by atoms with Crippen molar-refractivity contribution in [3.63, 3.8) is 0 Å². The molecule has 1 aromatic carbocycles. The number of nitrogens with zero attached hydrogens (tertiary/aromatic N) is 1. The zero-order valence-electron chi connectivity index (χ0n) is 11.6. The lowest BCUT2D eigenvalue weighted by Crippen LogP contribution is -2.32. The first-order valence-electron chi connectivity index (χ1n) is 6.37. The van der Waals surface area contributed by atoms with Crippen molar-refractivity contribution in [1.29, 1.82) is 0 Å². The standard InChI is InChI=1S/C14H18N2O4/c1-19-12-5-3-10(4-6-12)8-16-9-11(7-13(16)17)14(18)15-20-2/h3-6,11H,7-9H2,1-2H3,(H,15,18)/t11-/m0/s1. The van der Waals surface area contributed by atoms with E-state index in [2.05, 4.69) is 10.3 Å². The molecule has 6 heteroatoms. The third-order valence-electron chi connectivity index (χ3n) is 3.32. The zero-order valence-corrected chi connectivity index (χ0v) is 11.6. The van der Waals surface area contributed by atoms with Crippen molar-refractivity contribution in [2.45, 2.75) is 13.0 Å². The molecule has 0 aromatic heterocycles. The van der Waals surface area contributed by atoms with Gasteiger partial charge in [0.15, 0.2) is 0 Å². The second-order valence-electron chi connectivity index (χ2n) is 4.69. The number of carbonyl (C=O) groups is 2. The Morgan fingerprint density at radius 1 is 1.35 bits per heavy atom. The molecule has 0 spiro atoms. The van der Waals surface area contributed by atoms with Crippen molar-refractivity contribution in [3.8, 4) is 5.75 Å². The number of nitrogens with one attached hydrogen (secondary N) is 1. The fourth-order valence-electron chi connectivity index (χ4n) is 2.24. The van der Waals surface area contributed by atoms with Gasteiger partial charge in [0.05, 0.1) is 20.1 Å². The Morgan fingerprint density at radius 2 is 2.05 bits per heavy atom. The van der Waals surface area contributed by atoms with E-state index in [1.165, 1.54) is 7.11 Å². The minimum absolute atomic E-state index is 0.0166. The molecule has 1 N–H and O–H groups in total. The van der Waals surface area contributed by atoms with Crippen LogP contribution in [0.2, 0.25) is 0 Å². The lowest BCUT2D eigenvalue weighted by atomic mass is 10.1. The highest BCUT2D eigenvalue weighted by Crippen LogP contribution is 2.21. The predicted molar refractivity (Wildman–Crippen MR) is 71.7 cm³/mol. The number of rotatable bonds is 5. The van der Waals surface area contributed by atoms with Gasteiger partial charge in [-0.25, -0.2) is 5.48 Å². The number of hydroxylamine groups is 1. The van der Waals surface area contributed by atoms with Crippen molar-refractivity contribution in [2.24, 2.45) is 5.92 Å². The summed E-state index contributed by atoms with van der Waals surface area (Å²) < 4.78 is 5.09. The third kappa shape index (κ3) is 3.27. The van der Waals surface area contributed by atoms with Crippen molar-refractivity contribution in [2.75, 3.05) is 20.8 Å². The maximum atomic E-state index is 11.9. The molecule has 1 aliphatic rings. The van der Waals surface area contributed by atoms with E-state index in [1.54, 1.807) is 12.0 Å². The van der Waals surface area contributed by atoms with Crippen molar-refractivity contribution >= 4 is 11.8 Å². The molecule has 1 heterocycles. The number of carbonyl (C=O) groups excluding carboxylic acids is 2. The summed E-state index contributed by atoms with van der Waals surface area (Å²) in [5.74, 6) is 0.162. The van der Waals surface area contributed by atoms with Crippen LogP contribution in [0.25, 0.3) is 0 Å². The van der Waals surface area contributed by atoms with Gasteiger partial charge in [0.2, 0.25) is 11.8 Å². The van der Waals surface area contributed by atoms with Crippen molar-refractivity contribution in [1.82, 2.24) is 10.4 Å². The van der Waals surface area contributed by atoms with Gasteiger partial charge in [-0.15, -0.1) is 0 Å². The molecule has 108 valence electrons. The first-order chi connectivity index (χ1) is 9.63. The fraction of sp³-hybridized carbons (Fsp3) is 0.429. The predicted octanol–water partition coefficient (Wildman–Crippen LogP) is 0.721. The van der Waals surface area contributed by atoms with Crippen LogP contribution in [0.1, 0.15) is 12.0 Å². The molecular formula is C14H18N2O4. The number of methoxy groups -OCH3 is 1. The largest absolute Gasteiger partial charge is 0.497 e. The molecule has 0 bridgehead atoms.